The Balaban J connectivity index is 1.40. The van der Waals surface area contributed by atoms with Gasteiger partial charge in [-0.3, -0.25) is 4.79 Å². The number of benzene rings is 3. The molecule has 0 saturated carbocycles. The highest BCUT2D eigenvalue weighted by Crippen LogP contribution is 2.31. The summed E-state index contributed by atoms with van der Waals surface area (Å²) in [6.45, 7) is 1.95. The van der Waals surface area contributed by atoms with Crippen molar-refractivity contribution in [2.24, 2.45) is 0 Å². The Morgan fingerprint density at radius 2 is 1.78 bits per heavy atom. The Hall–Kier alpha value is -3.69. The summed E-state index contributed by atoms with van der Waals surface area (Å²) in [6, 6.07) is 18.3. The van der Waals surface area contributed by atoms with Crippen LogP contribution in [0.3, 0.4) is 0 Å². The van der Waals surface area contributed by atoms with Crippen LogP contribution >= 0.6 is 0 Å². The summed E-state index contributed by atoms with van der Waals surface area (Å²) in [6.07, 6.45) is 1.15. The van der Waals surface area contributed by atoms with Crippen LogP contribution in [0.4, 0.5) is 0 Å². The van der Waals surface area contributed by atoms with Gasteiger partial charge >= 0.3 is 0 Å². The first-order chi connectivity index (χ1) is 17.2. The van der Waals surface area contributed by atoms with Gasteiger partial charge in [-0.15, -0.1) is 0 Å². The third-order valence-corrected chi connectivity index (χ3v) is 7.32. The van der Waals surface area contributed by atoms with Crippen molar-refractivity contribution in [1.82, 2.24) is 19.8 Å². The number of nitrogens with one attached hydrogen (secondary N) is 1. The summed E-state index contributed by atoms with van der Waals surface area (Å²) in [4.78, 5) is 25.2. The highest BCUT2D eigenvalue weighted by Gasteiger charge is 2.22. The standard InChI is InChI=1S/C27H28N4O4S/c1-30(2)17-26-28-23-10-6-20(15-24(23)29-26)19-7-11-25-21(14-19)16-31(12-13-35-25)27(32)18-4-8-22(9-5-18)36(3,33)34/h4-11,14-15H,12-13,16-17H2,1-3H3,(H,28,29). The van der Waals surface area contributed by atoms with E-state index in [2.05, 4.69) is 27.0 Å². The maximum Gasteiger partial charge on any atom is 0.254 e. The molecule has 3 aromatic carbocycles. The third kappa shape index (κ3) is 4.98. The van der Waals surface area contributed by atoms with Gasteiger partial charge < -0.3 is 19.5 Å². The second kappa shape index (κ2) is 9.40. The van der Waals surface area contributed by atoms with Crippen LogP contribution in [0.2, 0.25) is 0 Å². The van der Waals surface area contributed by atoms with Crippen LogP contribution in [0, 0.1) is 0 Å². The fraction of sp³-hybridized carbons (Fsp3) is 0.259. The molecule has 1 amide bonds. The van der Waals surface area contributed by atoms with Crippen molar-refractivity contribution in [1.29, 1.82) is 0 Å². The monoisotopic (exact) mass is 504 g/mol. The Bertz CT molecular complexity index is 1540. The van der Waals surface area contributed by atoms with Crippen LogP contribution in [0.1, 0.15) is 21.7 Å². The zero-order chi connectivity index (χ0) is 25.4. The maximum atomic E-state index is 13.2. The number of hydrogen-bond acceptors (Lipinski definition) is 6. The molecule has 4 aromatic rings. The molecule has 0 aliphatic carbocycles. The molecular formula is C27H28N4O4S. The van der Waals surface area contributed by atoms with Crippen molar-refractivity contribution in [3.05, 3.63) is 77.6 Å². The molecule has 1 aliphatic rings. The van der Waals surface area contributed by atoms with Gasteiger partial charge in [0, 0.05) is 23.9 Å². The van der Waals surface area contributed by atoms with E-state index in [-0.39, 0.29) is 10.8 Å². The van der Waals surface area contributed by atoms with Crippen LogP contribution < -0.4 is 4.74 Å². The molecule has 2 heterocycles. The highest BCUT2D eigenvalue weighted by molar-refractivity contribution is 7.90. The largest absolute Gasteiger partial charge is 0.491 e. The van der Waals surface area contributed by atoms with Gasteiger partial charge in [0.2, 0.25) is 0 Å². The smallest absolute Gasteiger partial charge is 0.254 e. The van der Waals surface area contributed by atoms with Gasteiger partial charge in [0.1, 0.15) is 18.2 Å². The zero-order valence-corrected chi connectivity index (χ0v) is 21.3. The number of carbonyl (C=O) groups excluding carboxylic acids is 1. The molecule has 8 nitrogen and oxygen atoms in total. The van der Waals surface area contributed by atoms with Crippen molar-refractivity contribution < 1.29 is 17.9 Å². The van der Waals surface area contributed by atoms with Crippen LogP contribution in [0.25, 0.3) is 22.2 Å². The lowest BCUT2D eigenvalue weighted by molar-refractivity contribution is 0.0733. The molecule has 0 unspecified atom stereocenters. The molecule has 186 valence electrons. The Morgan fingerprint density at radius 1 is 1.06 bits per heavy atom. The minimum Gasteiger partial charge on any atom is -0.491 e. The molecular weight excluding hydrogens is 476 g/mol. The lowest BCUT2D eigenvalue weighted by Gasteiger charge is -2.20. The van der Waals surface area contributed by atoms with E-state index in [0.717, 1.165) is 52.1 Å². The van der Waals surface area contributed by atoms with E-state index in [1.54, 1.807) is 17.0 Å². The molecule has 9 heteroatoms. The maximum absolute atomic E-state index is 13.2. The van der Waals surface area contributed by atoms with Crippen molar-refractivity contribution in [3.8, 4) is 16.9 Å². The highest BCUT2D eigenvalue weighted by atomic mass is 32.2. The first kappa shape index (κ1) is 24.0. The number of aromatic amines is 1. The van der Waals surface area contributed by atoms with Gasteiger partial charge in [0.25, 0.3) is 5.91 Å². The van der Waals surface area contributed by atoms with E-state index in [4.69, 9.17) is 4.74 Å². The minimum atomic E-state index is -3.32. The van der Waals surface area contributed by atoms with Crippen LogP contribution in [-0.4, -0.2) is 67.6 Å². The Kier molecular flexibility index (Phi) is 6.27. The Labute approximate surface area is 210 Å². The van der Waals surface area contributed by atoms with E-state index in [0.29, 0.717) is 25.3 Å². The minimum absolute atomic E-state index is 0.163. The second-order valence-corrected chi connectivity index (χ2v) is 11.4. The number of hydrogen-bond donors (Lipinski definition) is 1. The molecule has 0 atom stereocenters. The van der Waals surface area contributed by atoms with Crippen LogP contribution in [0.5, 0.6) is 5.75 Å². The molecule has 5 rings (SSSR count). The number of rotatable bonds is 5. The first-order valence-electron chi connectivity index (χ1n) is 11.7. The van der Waals surface area contributed by atoms with Crippen molar-refractivity contribution in [3.63, 3.8) is 0 Å². The molecule has 36 heavy (non-hydrogen) atoms. The fourth-order valence-corrected chi connectivity index (χ4v) is 5.02. The van der Waals surface area contributed by atoms with Gasteiger partial charge in [-0.25, -0.2) is 13.4 Å². The normalized spacial score (nSPS) is 13.9. The zero-order valence-electron chi connectivity index (χ0n) is 20.5. The van der Waals surface area contributed by atoms with Gasteiger partial charge in [-0.2, -0.15) is 0 Å². The van der Waals surface area contributed by atoms with E-state index in [1.807, 2.05) is 38.4 Å². The number of amides is 1. The number of H-pyrrole nitrogens is 1. The number of carbonyl (C=O) groups is 1. The summed E-state index contributed by atoms with van der Waals surface area (Å²) >= 11 is 0. The molecule has 1 N–H and O–H groups in total. The molecule has 0 fully saturated rings. The van der Waals surface area contributed by atoms with Gasteiger partial charge in [-0.05, 0) is 73.8 Å². The summed E-state index contributed by atoms with van der Waals surface area (Å²) in [7, 11) is 0.700. The number of fused-ring (bicyclic) bond motifs is 2. The number of ether oxygens (including phenoxy) is 1. The second-order valence-electron chi connectivity index (χ2n) is 9.35. The molecule has 1 aliphatic heterocycles. The molecule has 0 radical (unpaired) electrons. The van der Waals surface area contributed by atoms with E-state index in [9.17, 15) is 13.2 Å². The summed E-state index contributed by atoms with van der Waals surface area (Å²) < 4.78 is 29.4. The van der Waals surface area contributed by atoms with Gasteiger partial charge in [0.15, 0.2) is 9.84 Å². The number of sulfone groups is 1. The first-order valence-corrected chi connectivity index (χ1v) is 13.6. The van der Waals surface area contributed by atoms with Gasteiger partial charge in [-0.1, -0.05) is 12.1 Å². The fourth-order valence-electron chi connectivity index (χ4n) is 4.39. The van der Waals surface area contributed by atoms with E-state index >= 15 is 0 Å². The average Bonchev–Trinajstić information content (AvgIpc) is 3.10. The van der Waals surface area contributed by atoms with E-state index in [1.165, 1.54) is 12.1 Å². The van der Waals surface area contributed by atoms with Crippen molar-refractivity contribution >= 4 is 26.8 Å². The summed E-state index contributed by atoms with van der Waals surface area (Å²) in [5.74, 6) is 1.52. The molecule has 0 bridgehead atoms. The third-order valence-electron chi connectivity index (χ3n) is 6.19. The summed E-state index contributed by atoms with van der Waals surface area (Å²) in [5.41, 5.74) is 5.33. The van der Waals surface area contributed by atoms with Gasteiger partial charge in [0.05, 0.1) is 29.0 Å². The molecule has 0 spiro atoms. The quantitative estimate of drug-likeness (QED) is 0.445. The predicted octanol–water partition coefficient (Wildman–Crippen LogP) is 3.73. The summed E-state index contributed by atoms with van der Waals surface area (Å²) in [5, 5.41) is 0. The van der Waals surface area contributed by atoms with Crippen LogP contribution in [0.15, 0.2) is 65.6 Å². The number of aromatic nitrogens is 2. The van der Waals surface area contributed by atoms with Crippen molar-refractivity contribution in [2.45, 2.75) is 18.0 Å². The number of imidazole rings is 1. The van der Waals surface area contributed by atoms with Crippen molar-refractivity contribution in [2.75, 3.05) is 33.5 Å². The average molecular weight is 505 g/mol. The lowest BCUT2D eigenvalue weighted by atomic mass is 10.0. The van der Waals surface area contributed by atoms with Crippen LogP contribution in [-0.2, 0) is 22.9 Å². The topological polar surface area (TPSA) is 95.6 Å². The van der Waals surface area contributed by atoms with E-state index < -0.39 is 9.84 Å². The number of nitrogens with zero attached hydrogens (tertiary/aromatic N) is 3. The lowest BCUT2D eigenvalue weighted by Crippen LogP contribution is -2.32. The Morgan fingerprint density at radius 3 is 2.50 bits per heavy atom. The predicted molar refractivity (Wildman–Crippen MR) is 139 cm³/mol. The molecule has 0 saturated heterocycles. The SMILES string of the molecule is CN(C)Cc1nc2ccc(-c3ccc4c(c3)CN(C(=O)c3ccc(S(C)(=O)=O)cc3)CCO4)cc2[nH]1. The molecule has 1 aromatic heterocycles.